The summed E-state index contributed by atoms with van der Waals surface area (Å²) in [5.74, 6) is 0.534. The van der Waals surface area contributed by atoms with E-state index in [9.17, 15) is 0 Å². The van der Waals surface area contributed by atoms with E-state index >= 15 is 0 Å². The normalized spacial score (nSPS) is 10.2. The number of nitrogens with zero attached hydrogens (tertiary/aromatic N) is 2. The number of benzene rings is 1. The van der Waals surface area contributed by atoms with Crippen LogP contribution in [0.15, 0.2) is 39.5 Å². The van der Waals surface area contributed by atoms with E-state index in [2.05, 4.69) is 47.1 Å². The second-order valence-corrected chi connectivity index (χ2v) is 5.18. The maximum Gasteiger partial charge on any atom is 0.227 e. The van der Waals surface area contributed by atoms with Gasteiger partial charge < -0.3 is 5.32 Å². The van der Waals surface area contributed by atoms with E-state index in [0.717, 1.165) is 14.6 Å². The van der Waals surface area contributed by atoms with Gasteiger partial charge in [0.25, 0.3) is 0 Å². The van der Waals surface area contributed by atoms with Crippen LogP contribution in [0, 0.1) is 0 Å². The van der Waals surface area contributed by atoms with E-state index in [-0.39, 0.29) is 0 Å². The van der Waals surface area contributed by atoms with E-state index in [0.29, 0.717) is 11.0 Å². The SMILES string of the molecule is Clc1ccc(Nc2ncc(Br)cn2)c(Br)c1. The third kappa shape index (κ3) is 2.93. The second-order valence-electron chi connectivity index (χ2n) is 2.97. The van der Waals surface area contributed by atoms with Crippen LogP contribution < -0.4 is 5.32 Å². The summed E-state index contributed by atoms with van der Waals surface area (Å²) in [6, 6.07) is 5.47. The molecule has 0 aliphatic carbocycles. The Balaban J connectivity index is 2.23. The van der Waals surface area contributed by atoms with E-state index in [4.69, 9.17) is 11.6 Å². The Morgan fingerprint density at radius 3 is 2.44 bits per heavy atom. The van der Waals surface area contributed by atoms with Crippen LogP contribution in [-0.4, -0.2) is 9.97 Å². The highest BCUT2D eigenvalue weighted by Gasteiger charge is 2.02. The Kier molecular flexibility index (Phi) is 3.78. The third-order valence-electron chi connectivity index (χ3n) is 1.80. The van der Waals surface area contributed by atoms with Crippen LogP contribution in [0.4, 0.5) is 11.6 Å². The van der Waals surface area contributed by atoms with Gasteiger partial charge in [0, 0.05) is 21.9 Å². The maximum absolute atomic E-state index is 5.85. The molecule has 0 saturated heterocycles. The average molecular weight is 363 g/mol. The van der Waals surface area contributed by atoms with Crippen LogP contribution >= 0.6 is 43.5 Å². The van der Waals surface area contributed by atoms with Crippen LogP contribution in [-0.2, 0) is 0 Å². The largest absolute Gasteiger partial charge is 0.323 e. The zero-order valence-corrected chi connectivity index (χ0v) is 11.8. The molecule has 6 heteroatoms. The highest BCUT2D eigenvalue weighted by molar-refractivity contribution is 9.10. The smallest absolute Gasteiger partial charge is 0.227 e. The predicted molar refractivity (Wildman–Crippen MR) is 72.2 cm³/mol. The van der Waals surface area contributed by atoms with Gasteiger partial charge in [0.1, 0.15) is 0 Å². The molecular weight excluding hydrogens is 357 g/mol. The van der Waals surface area contributed by atoms with Crippen LogP contribution in [0.3, 0.4) is 0 Å². The topological polar surface area (TPSA) is 37.8 Å². The standard InChI is InChI=1S/C10H6Br2ClN3/c11-6-4-14-10(15-5-6)16-9-2-1-7(13)3-8(9)12/h1-5H,(H,14,15,16). The number of hydrogen-bond donors (Lipinski definition) is 1. The number of rotatable bonds is 2. The number of halogens is 3. The Bertz CT molecular complexity index is 502. The van der Waals surface area contributed by atoms with Gasteiger partial charge in [-0.15, -0.1) is 0 Å². The van der Waals surface area contributed by atoms with Crippen LogP contribution in [0.25, 0.3) is 0 Å². The average Bonchev–Trinajstić information content (AvgIpc) is 2.25. The lowest BCUT2D eigenvalue weighted by Gasteiger charge is -2.06. The molecule has 82 valence electrons. The van der Waals surface area contributed by atoms with E-state index in [1.165, 1.54) is 0 Å². The molecule has 0 fully saturated rings. The van der Waals surface area contributed by atoms with Crippen LogP contribution in [0.1, 0.15) is 0 Å². The molecule has 0 amide bonds. The van der Waals surface area contributed by atoms with Gasteiger partial charge >= 0.3 is 0 Å². The summed E-state index contributed by atoms with van der Waals surface area (Å²) in [5, 5.41) is 3.75. The fourth-order valence-corrected chi connectivity index (χ4v) is 2.07. The molecule has 0 radical (unpaired) electrons. The second kappa shape index (κ2) is 5.12. The van der Waals surface area contributed by atoms with Crippen molar-refractivity contribution < 1.29 is 0 Å². The van der Waals surface area contributed by atoms with Crippen molar-refractivity contribution in [1.29, 1.82) is 0 Å². The highest BCUT2D eigenvalue weighted by atomic mass is 79.9. The molecule has 1 aromatic heterocycles. The first-order valence-electron chi connectivity index (χ1n) is 4.35. The lowest BCUT2D eigenvalue weighted by Crippen LogP contribution is -1.96. The van der Waals surface area contributed by atoms with Gasteiger partial charge in [-0.25, -0.2) is 9.97 Å². The lowest BCUT2D eigenvalue weighted by molar-refractivity contribution is 1.15. The molecule has 0 aliphatic heterocycles. The van der Waals surface area contributed by atoms with Gasteiger partial charge in [0.05, 0.1) is 10.2 Å². The summed E-state index contributed by atoms with van der Waals surface area (Å²) < 4.78 is 1.71. The van der Waals surface area contributed by atoms with Crippen molar-refractivity contribution in [1.82, 2.24) is 9.97 Å². The Morgan fingerprint density at radius 1 is 1.12 bits per heavy atom. The van der Waals surface area contributed by atoms with Crippen molar-refractivity contribution in [3.05, 3.63) is 44.6 Å². The molecule has 16 heavy (non-hydrogen) atoms. The minimum atomic E-state index is 0.534. The third-order valence-corrected chi connectivity index (χ3v) is 3.10. The molecule has 2 rings (SSSR count). The van der Waals surface area contributed by atoms with E-state index in [1.807, 2.05) is 12.1 Å². The van der Waals surface area contributed by atoms with Crippen LogP contribution in [0.5, 0.6) is 0 Å². The zero-order chi connectivity index (χ0) is 11.5. The zero-order valence-electron chi connectivity index (χ0n) is 7.92. The summed E-state index contributed by atoms with van der Waals surface area (Å²) >= 11 is 12.5. The molecule has 0 spiro atoms. The van der Waals surface area contributed by atoms with E-state index < -0.39 is 0 Å². The molecule has 0 aliphatic rings. The number of anilines is 2. The van der Waals surface area contributed by atoms with Crippen molar-refractivity contribution in [3.8, 4) is 0 Å². The first kappa shape index (κ1) is 11.8. The summed E-state index contributed by atoms with van der Waals surface area (Å²) in [7, 11) is 0. The summed E-state index contributed by atoms with van der Waals surface area (Å²) in [4.78, 5) is 8.23. The first-order valence-corrected chi connectivity index (χ1v) is 6.31. The highest BCUT2D eigenvalue weighted by Crippen LogP contribution is 2.27. The molecule has 0 atom stereocenters. The lowest BCUT2D eigenvalue weighted by atomic mass is 10.3. The molecule has 0 unspecified atom stereocenters. The molecule has 2 aromatic rings. The molecule has 0 bridgehead atoms. The maximum atomic E-state index is 5.85. The van der Waals surface area contributed by atoms with Crippen molar-refractivity contribution in [2.45, 2.75) is 0 Å². The summed E-state index contributed by atoms with van der Waals surface area (Å²) in [6.45, 7) is 0. The quantitative estimate of drug-likeness (QED) is 0.859. The Labute approximate surface area is 115 Å². The number of nitrogens with one attached hydrogen (secondary N) is 1. The molecule has 3 nitrogen and oxygen atoms in total. The van der Waals surface area contributed by atoms with Crippen molar-refractivity contribution in [3.63, 3.8) is 0 Å². The molecule has 0 saturated carbocycles. The summed E-state index contributed by atoms with van der Waals surface area (Å²) in [5.41, 5.74) is 0.867. The predicted octanol–water partition coefficient (Wildman–Crippen LogP) is 4.40. The van der Waals surface area contributed by atoms with Crippen molar-refractivity contribution >= 4 is 55.1 Å². The minimum Gasteiger partial charge on any atom is -0.323 e. The van der Waals surface area contributed by atoms with E-state index in [1.54, 1.807) is 18.5 Å². The van der Waals surface area contributed by atoms with Gasteiger partial charge in [-0.3, -0.25) is 0 Å². The molecule has 1 heterocycles. The number of aromatic nitrogens is 2. The van der Waals surface area contributed by atoms with Gasteiger partial charge in [-0.1, -0.05) is 11.6 Å². The number of hydrogen-bond acceptors (Lipinski definition) is 3. The minimum absolute atomic E-state index is 0.534. The van der Waals surface area contributed by atoms with Crippen molar-refractivity contribution in [2.24, 2.45) is 0 Å². The van der Waals surface area contributed by atoms with Gasteiger partial charge in [0.15, 0.2) is 0 Å². The first-order chi connectivity index (χ1) is 7.65. The fourth-order valence-electron chi connectivity index (χ4n) is 1.09. The monoisotopic (exact) mass is 361 g/mol. The van der Waals surface area contributed by atoms with Gasteiger partial charge in [-0.2, -0.15) is 0 Å². The van der Waals surface area contributed by atoms with Gasteiger partial charge in [-0.05, 0) is 50.1 Å². The molecule has 1 aromatic carbocycles. The van der Waals surface area contributed by atoms with Gasteiger partial charge in [0.2, 0.25) is 5.95 Å². The fraction of sp³-hybridized carbons (Fsp3) is 0. The molecule has 1 N–H and O–H groups in total. The summed E-state index contributed by atoms with van der Waals surface area (Å²) in [6.07, 6.45) is 3.36. The Hall–Kier alpha value is -0.650. The molecular formula is C10H6Br2ClN3. The van der Waals surface area contributed by atoms with Crippen molar-refractivity contribution in [2.75, 3.05) is 5.32 Å². The Morgan fingerprint density at radius 2 is 1.81 bits per heavy atom. The van der Waals surface area contributed by atoms with Crippen LogP contribution in [0.2, 0.25) is 5.02 Å².